The van der Waals surface area contributed by atoms with E-state index >= 15 is 0 Å². The second kappa shape index (κ2) is 8.15. The summed E-state index contributed by atoms with van der Waals surface area (Å²) >= 11 is 0. The molecular formula is C19H22N2O3. The molecule has 0 unspecified atom stereocenters. The van der Waals surface area contributed by atoms with Crippen LogP contribution in [0.3, 0.4) is 0 Å². The van der Waals surface area contributed by atoms with Gasteiger partial charge in [-0.05, 0) is 43.0 Å². The minimum atomic E-state index is -0.407. The van der Waals surface area contributed by atoms with Crippen molar-refractivity contribution in [3.8, 4) is 5.75 Å². The molecule has 0 heterocycles. The van der Waals surface area contributed by atoms with E-state index in [0.717, 1.165) is 22.3 Å². The first-order chi connectivity index (χ1) is 11.5. The topological polar surface area (TPSA) is 67.4 Å². The molecule has 2 rings (SSSR count). The van der Waals surface area contributed by atoms with Crippen molar-refractivity contribution >= 4 is 11.8 Å². The molecule has 2 amide bonds. The van der Waals surface area contributed by atoms with Crippen LogP contribution in [0.1, 0.15) is 22.3 Å². The summed E-state index contributed by atoms with van der Waals surface area (Å²) in [5, 5.41) is 0. The maximum absolute atomic E-state index is 11.9. The molecular weight excluding hydrogens is 304 g/mol. The molecule has 2 aromatic rings. The van der Waals surface area contributed by atoms with Gasteiger partial charge in [0.05, 0.1) is 6.42 Å². The number of benzene rings is 2. The van der Waals surface area contributed by atoms with Crippen LogP contribution in [0.2, 0.25) is 0 Å². The van der Waals surface area contributed by atoms with E-state index in [4.69, 9.17) is 4.74 Å². The van der Waals surface area contributed by atoms with Gasteiger partial charge in [0, 0.05) is 0 Å². The molecule has 24 heavy (non-hydrogen) atoms. The molecule has 5 nitrogen and oxygen atoms in total. The van der Waals surface area contributed by atoms with Crippen LogP contribution in [0.25, 0.3) is 0 Å². The number of carbonyl (C=O) groups excluding carboxylic acids is 2. The summed E-state index contributed by atoms with van der Waals surface area (Å²) in [6, 6.07) is 13.4. The second-order valence-electron chi connectivity index (χ2n) is 5.71. The zero-order chi connectivity index (χ0) is 17.5. The van der Waals surface area contributed by atoms with Crippen molar-refractivity contribution in [1.82, 2.24) is 10.9 Å². The van der Waals surface area contributed by atoms with E-state index in [0.29, 0.717) is 5.75 Å². The maximum atomic E-state index is 11.9. The van der Waals surface area contributed by atoms with Gasteiger partial charge in [-0.1, -0.05) is 42.5 Å². The summed E-state index contributed by atoms with van der Waals surface area (Å²) in [5.41, 5.74) is 8.67. The van der Waals surface area contributed by atoms with Gasteiger partial charge >= 0.3 is 0 Å². The molecule has 0 spiro atoms. The lowest BCUT2D eigenvalue weighted by atomic mass is 10.1. The van der Waals surface area contributed by atoms with E-state index < -0.39 is 5.91 Å². The molecule has 2 aromatic carbocycles. The lowest BCUT2D eigenvalue weighted by molar-refractivity contribution is -0.129. The maximum Gasteiger partial charge on any atom is 0.276 e. The number of hydrogen-bond acceptors (Lipinski definition) is 3. The molecule has 0 radical (unpaired) electrons. The first-order valence-electron chi connectivity index (χ1n) is 7.78. The highest BCUT2D eigenvalue weighted by Gasteiger charge is 2.09. The highest BCUT2D eigenvalue weighted by atomic mass is 16.5. The molecule has 0 saturated carbocycles. The van der Waals surface area contributed by atoms with Gasteiger partial charge in [-0.3, -0.25) is 20.4 Å². The highest BCUT2D eigenvalue weighted by Crippen LogP contribution is 2.21. The number of hydrogen-bond donors (Lipinski definition) is 2. The largest absolute Gasteiger partial charge is 0.483 e. The fraction of sp³-hybridized carbons (Fsp3) is 0.263. The zero-order valence-electron chi connectivity index (χ0n) is 14.2. The van der Waals surface area contributed by atoms with Crippen LogP contribution in [0.15, 0.2) is 42.5 Å². The Morgan fingerprint density at radius 3 is 2.08 bits per heavy atom. The summed E-state index contributed by atoms with van der Waals surface area (Å²) in [6.07, 6.45) is 0.213. The van der Waals surface area contributed by atoms with E-state index in [1.165, 1.54) is 0 Å². The predicted molar refractivity (Wildman–Crippen MR) is 92.6 cm³/mol. The fourth-order valence-corrected chi connectivity index (χ4v) is 2.37. The van der Waals surface area contributed by atoms with Crippen molar-refractivity contribution in [2.24, 2.45) is 0 Å². The fourth-order valence-electron chi connectivity index (χ4n) is 2.37. The van der Waals surface area contributed by atoms with Crippen molar-refractivity contribution in [2.45, 2.75) is 27.2 Å². The van der Waals surface area contributed by atoms with E-state index in [9.17, 15) is 9.59 Å². The number of para-hydroxylation sites is 1. The van der Waals surface area contributed by atoms with Crippen molar-refractivity contribution in [3.05, 3.63) is 64.7 Å². The van der Waals surface area contributed by atoms with Crippen molar-refractivity contribution in [3.63, 3.8) is 0 Å². The third-order valence-corrected chi connectivity index (χ3v) is 3.71. The van der Waals surface area contributed by atoms with E-state index in [1.54, 1.807) is 0 Å². The quantitative estimate of drug-likeness (QED) is 0.829. The van der Waals surface area contributed by atoms with Crippen LogP contribution >= 0.6 is 0 Å². The zero-order valence-corrected chi connectivity index (χ0v) is 14.2. The normalized spacial score (nSPS) is 10.1. The Hall–Kier alpha value is -2.82. The van der Waals surface area contributed by atoms with Gasteiger partial charge in [0.15, 0.2) is 6.61 Å². The molecule has 2 N–H and O–H groups in total. The minimum absolute atomic E-state index is 0.156. The summed E-state index contributed by atoms with van der Waals surface area (Å²) < 4.78 is 5.54. The van der Waals surface area contributed by atoms with Crippen LogP contribution in [0, 0.1) is 20.8 Å². The molecule has 5 heteroatoms. The standard InChI is InChI=1S/C19H22N2O3/c1-13-7-4-5-10-16(13)11-17(22)20-21-18(23)12-24-19-14(2)8-6-9-15(19)3/h4-10H,11-12H2,1-3H3,(H,20,22)(H,21,23). The lowest BCUT2D eigenvalue weighted by Gasteiger charge is -2.12. The van der Waals surface area contributed by atoms with Gasteiger partial charge in [-0.25, -0.2) is 0 Å². The van der Waals surface area contributed by atoms with Gasteiger partial charge in [0.1, 0.15) is 5.75 Å². The van der Waals surface area contributed by atoms with Crippen LogP contribution in [0.5, 0.6) is 5.75 Å². The number of ether oxygens (including phenoxy) is 1. The predicted octanol–water partition coefficient (Wildman–Crippen LogP) is 2.38. The Kier molecular flexibility index (Phi) is 5.95. The van der Waals surface area contributed by atoms with Gasteiger partial charge in [-0.15, -0.1) is 0 Å². The number of hydrazine groups is 1. The number of carbonyl (C=O) groups is 2. The average molecular weight is 326 g/mol. The molecule has 0 atom stereocenters. The van der Waals surface area contributed by atoms with Crippen LogP contribution in [-0.4, -0.2) is 18.4 Å². The smallest absolute Gasteiger partial charge is 0.276 e. The number of rotatable bonds is 5. The molecule has 0 aliphatic carbocycles. The monoisotopic (exact) mass is 326 g/mol. The Morgan fingerprint density at radius 1 is 0.833 bits per heavy atom. The third kappa shape index (κ3) is 4.84. The molecule has 0 saturated heterocycles. The van der Waals surface area contributed by atoms with Crippen molar-refractivity contribution in [1.29, 1.82) is 0 Å². The third-order valence-electron chi connectivity index (χ3n) is 3.71. The summed E-state index contributed by atoms with van der Waals surface area (Å²) in [4.78, 5) is 23.7. The summed E-state index contributed by atoms with van der Waals surface area (Å²) in [6.45, 7) is 5.63. The lowest BCUT2D eigenvalue weighted by Crippen LogP contribution is -2.44. The molecule has 0 aromatic heterocycles. The average Bonchev–Trinajstić information content (AvgIpc) is 2.54. The van der Waals surface area contributed by atoms with E-state index in [-0.39, 0.29) is 18.9 Å². The summed E-state index contributed by atoms with van der Waals surface area (Å²) in [7, 11) is 0. The van der Waals surface area contributed by atoms with Gasteiger partial charge in [0.2, 0.25) is 5.91 Å². The minimum Gasteiger partial charge on any atom is -0.483 e. The Bertz CT molecular complexity index is 721. The SMILES string of the molecule is Cc1ccccc1CC(=O)NNC(=O)COc1c(C)cccc1C. The molecule has 126 valence electrons. The van der Waals surface area contributed by atoms with Crippen LogP contribution in [0.4, 0.5) is 0 Å². The van der Waals surface area contributed by atoms with E-state index in [2.05, 4.69) is 10.9 Å². The molecule has 0 aliphatic heterocycles. The first-order valence-corrected chi connectivity index (χ1v) is 7.78. The van der Waals surface area contributed by atoms with E-state index in [1.807, 2.05) is 63.2 Å². The van der Waals surface area contributed by atoms with Crippen molar-refractivity contribution < 1.29 is 14.3 Å². The van der Waals surface area contributed by atoms with Gasteiger partial charge in [0.25, 0.3) is 5.91 Å². The van der Waals surface area contributed by atoms with Crippen molar-refractivity contribution in [2.75, 3.05) is 6.61 Å². The highest BCUT2D eigenvalue weighted by molar-refractivity contribution is 5.84. The van der Waals surface area contributed by atoms with Gasteiger partial charge < -0.3 is 4.74 Å². The Balaban J connectivity index is 1.79. The summed E-state index contributed by atoms with van der Waals surface area (Å²) in [5.74, 6) is 0.0133. The van der Waals surface area contributed by atoms with Gasteiger partial charge in [-0.2, -0.15) is 0 Å². The molecule has 0 fully saturated rings. The van der Waals surface area contributed by atoms with Crippen LogP contribution in [-0.2, 0) is 16.0 Å². The number of amides is 2. The second-order valence-corrected chi connectivity index (χ2v) is 5.71. The Labute approximate surface area is 142 Å². The molecule has 0 bridgehead atoms. The number of nitrogens with one attached hydrogen (secondary N) is 2. The molecule has 0 aliphatic rings. The first kappa shape index (κ1) is 17.5. The van der Waals surface area contributed by atoms with Crippen LogP contribution < -0.4 is 15.6 Å². The Morgan fingerprint density at radius 2 is 1.42 bits per heavy atom. The number of aryl methyl sites for hydroxylation is 3.